The first-order chi connectivity index (χ1) is 6.59. The third kappa shape index (κ3) is 6.50. The zero-order chi connectivity index (χ0) is 12.3. The van der Waals surface area contributed by atoms with Crippen LogP contribution in [-0.2, 0) is 0 Å². The molecule has 0 heterocycles. The van der Waals surface area contributed by atoms with Crippen LogP contribution in [0.3, 0.4) is 0 Å². The standard InChI is InChI=1S/C14H30S/c1-9-13(5,6)15-14(7,8)10-12(4)11(2)3/h11-12H,9-10H2,1-8H3. The third-order valence-electron chi connectivity index (χ3n) is 3.36. The Balaban J connectivity index is 4.30. The van der Waals surface area contributed by atoms with Crippen molar-refractivity contribution in [2.24, 2.45) is 11.8 Å². The fourth-order valence-corrected chi connectivity index (χ4v) is 3.86. The normalized spacial score (nSPS) is 15.8. The van der Waals surface area contributed by atoms with Crippen LogP contribution < -0.4 is 0 Å². The lowest BCUT2D eigenvalue weighted by molar-refractivity contribution is 0.359. The van der Waals surface area contributed by atoms with Gasteiger partial charge in [0.1, 0.15) is 0 Å². The van der Waals surface area contributed by atoms with Crippen LogP contribution >= 0.6 is 11.8 Å². The van der Waals surface area contributed by atoms with Crippen LogP contribution in [0, 0.1) is 11.8 Å². The van der Waals surface area contributed by atoms with Crippen LogP contribution in [0.2, 0.25) is 0 Å². The smallest absolute Gasteiger partial charge is 0.0111 e. The highest BCUT2D eigenvalue weighted by Crippen LogP contribution is 2.42. The van der Waals surface area contributed by atoms with Gasteiger partial charge < -0.3 is 0 Å². The monoisotopic (exact) mass is 230 g/mol. The van der Waals surface area contributed by atoms with Gasteiger partial charge in [-0.1, -0.05) is 55.4 Å². The molecule has 92 valence electrons. The van der Waals surface area contributed by atoms with Gasteiger partial charge in [0.2, 0.25) is 0 Å². The van der Waals surface area contributed by atoms with Gasteiger partial charge in [0.15, 0.2) is 0 Å². The molecule has 0 saturated heterocycles. The van der Waals surface area contributed by atoms with E-state index < -0.39 is 0 Å². The van der Waals surface area contributed by atoms with E-state index >= 15 is 0 Å². The lowest BCUT2D eigenvalue weighted by Crippen LogP contribution is -2.28. The molecule has 0 aliphatic heterocycles. The minimum absolute atomic E-state index is 0.406. The molecule has 0 amide bonds. The second-order valence-corrected chi connectivity index (χ2v) is 8.81. The summed E-state index contributed by atoms with van der Waals surface area (Å²) in [6.07, 6.45) is 2.57. The van der Waals surface area contributed by atoms with Crippen molar-refractivity contribution in [1.82, 2.24) is 0 Å². The molecule has 1 atom stereocenters. The summed E-state index contributed by atoms with van der Waals surface area (Å²) in [6, 6.07) is 0. The molecule has 0 N–H and O–H groups in total. The summed E-state index contributed by atoms with van der Waals surface area (Å²) in [5.74, 6) is 1.62. The van der Waals surface area contributed by atoms with Gasteiger partial charge >= 0.3 is 0 Å². The minimum atomic E-state index is 0.406. The molecule has 15 heavy (non-hydrogen) atoms. The first-order valence-corrected chi connectivity index (χ1v) is 7.11. The first kappa shape index (κ1) is 15.3. The van der Waals surface area contributed by atoms with E-state index in [0.29, 0.717) is 9.49 Å². The largest absolute Gasteiger partial charge is 0.149 e. The maximum atomic E-state index is 2.40. The summed E-state index contributed by atoms with van der Waals surface area (Å²) < 4.78 is 0.823. The van der Waals surface area contributed by atoms with Crippen molar-refractivity contribution in [2.45, 2.75) is 77.7 Å². The van der Waals surface area contributed by atoms with Gasteiger partial charge in [-0.15, -0.1) is 11.8 Å². The van der Waals surface area contributed by atoms with E-state index in [0.717, 1.165) is 11.8 Å². The average molecular weight is 230 g/mol. The van der Waals surface area contributed by atoms with Gasteiger partial charge in [0.05, 0.1) is 0 Å². The van der Waals surface area contributed by atoms with E-state index in [-0.39, 0.29) is 0 Å². The molecule has 0 spiro atoms. The highest BCUT2D eigenvalue weighted by atomic mass is 32.2. The number of hydrogen-bond donors (Lipinski definition) is 0. The summed E-state index contributed by atoms with van der Waals surface area (Å²) >= 11 is 2.15. The molecule has 0 aromatic heterocycles. The van der Waals surface area contributed by atoms with Crippen LogP contribution in [0.25, 0.3) is 0 Å². The molecule has 0 saturated carbocycles. The quantitative estimate of drug-likeness (QED) is 0.591. The number of hydrogen-bond acceptors (Lipinski definition) is 1. The Labute approximate surface area is 102 Å². The molecular weight excluding hydrogens is 200 g/mol. The van der Waals surface area contributed by atoms with Crippen molar-refractivity contribution < 1.29 is 0 Å². The zero-order valence-electron chi connectivity index (χ0n) is 12.0. The van der Waals surface area contributed by atoms with E-state index in [1.165, 1.54) is 12.8 Å². The topological polar surface area (TPSA) is 0 Å². The molecule has 0 bridgehead atoms. The van der Waals surface area contributed by atoms with Gasteiger partial charge in [-0.2, -0.15) is 0 Å². The maximum Gasteiger partial charge on any atom is 0.0111 e. The van der Waals surface area contributed by atoms with Crippen LogP contribution in [-0.4, -0.2) is 9.49 Å². The molecule has 1 unspecified atom stereocenters. The summed E-state index contributed by atoms with van der Waals surface area (Å²) in [6.45, 7) is 18.8. The predicted octanol–water partition coefficient (Wildman–Crippen LogP) is 5.37. The minimum Gasteiger partial charge on any atom is -0.149 e. The highest BCUT2D eigenvalue weighted by molar-refractivity contribution is 8.01. The van der Waals surface area contributed by atoms with Crippen LogP contribution in [0.15, 0.2) is 0 Å². The van der Waals surface area contributed by atoms with E-state index in [9.17, 15) is 0 Å². The molecule has 0 nitrogen and oxygen atoms in total. The van der Waals surface area contributed by atoms with Crippen molar-refractivity contribution in [2.75, 3.05) is 0 Å². The Morgan fingerprint density at radius 2 is 1.40 bits per heavy atom. The lowest BCUT2D eigenvalue weighted by atomic mass is 9.89. The van der Waals surface area contributed by atoms with Crippen LogP contribution in [0.5, 0.6) is 0 Å². The average Bonchev–Trinajstić information content (AvgIpc) is 2.01. The molecule has 0 aromatic carbocycles. The van der Waals surface area contributed by atoms with Crippen molar-refractivity contribution in [1.29, 1.82) is 0 Å². The molecule has 0 fully saturated rings. The Hall–Kier alpha value is 0.350. The van der Waals surface area contributed by atoms with Gasteiger partial charge in [-0.05, 0) is 24.7 Å². The van der Waals surface area contributed by atoms with E-state index in [4.69, 9.17) is 0 Å². The highest BCUT2D eigenvalue weighted by Gasteiger charge is 2.30. The Morgan fingerprint density at radius 1 is 0.933 bits per heavy atom. The van der Waals surface area contributed by atoms with Crippen molar-refractivity contribution in [3.8, 4) is 0 Å². The van der Waals surface area contributed by atoms with Crippen molar-refractivity contribution in [3.63, 3.8) is 0 Å². The van der Waals surface area contributed by atoms with Crippen molar-refractivity contribution in [3.05, 3.63) is 0 Å². The van der Waals surface area contributed by atoms with Gasteiger partial charge in [-0.25, -0.2) is 0 Å². The Morgan fingerprint density at radius 3 is 1.73 bits per heavy atom. The lowest BCUT2D eigenvalue weighted by Gasteiger charge is -2.36. The Bertz CT molecular complexity index is 180. The predicted molar refractivity (Wildman–Crippen MR) is 74.7 cm³/mol. The molecule has 0 aliphatic carbocycles. The molecular formula is C14H30S. The number of thioether (sulfide) groups is 1. The SMILES string of the molecule is CCC(C)(C)SC(C)(C)CC(C)C(C)C. The van der Waals surface area contributed by atoms with E-state index in [1.54, 1.807) is 0 Å². The summed E-state index contributed by atoms with van der Waals surface area (Å²) in [7, 11) is 0. The fourth-order valence-electron chi connectivity index (χ4n) is 1.87. The first-order valence-electron chi connectivity index (χ1n) is 6.30. The Kier molecular flexibility index (Phi) is 5.74. The second kappa shape index (κ2) is 5.61. The fraction of sp³-hybridized carbons (Fsp3) is 1.00. The van der Waals surface area contributed by atoms with Crippen molar-refractivity contribution >= 4 is 11.8 Å². The third-order valence-corrected chi connectivity index (χ3v) is 4.92. The zero-order valence-corrected chi connectivity index (χ0v) is 12.8. The van der Waals surface area contributed by atoms with Crippen LogP contribution in [0.4, 0.5) is 0 Å². The van der Waals surface area contributed by atoms with Gasteiger partial charge in [0, 0.05) is 9.49 Å². The second-order valence-electron chi connectivity index (χ2n) is 6.40. The summed E-state index contributed by atoms with van der Waals surface area (Å²) in [5, 5.41) is 0. The van der Waals surface area contributed by atoms with E-state index in [2.05, 4.69) is 67.2 Å². The number of rotatable bonds is 6. The molecule has 0 radical (unpaired) electrons. The molecule has 0 aromatic rings. The molecule has 0 rings (SSSR count). The van der Waals surface area contributed by atoms with Gasteiger partial charge in [0.25, 0.3) is 0 Å². The molecule has 0 aliphatic rings. The maximum absolute atomic E-state index is 2.40. The van der Waals surface area contributed by atoms with Gasteiger partial charge in [-0.3, -0.25) is 0 Å². The summed E-state index contributed by atoms with van der Waals surface area (Å²) in [4.78, 5) is 0. The molecule has 1 heteroatoms. The van der Waals surface area contributed by atoms with E-state index in [1.807, 2.05) is 0 Å². The summed E-state index contributed by atoms with van der Waals surface area (Å²) in [5.41, 5.74) is 0. The van der Waals surface area contributed by atoms with Crippen LogP contribution in [0.1, 0.15) is 68.2 Å².